The molecule has 0 aliphatic carbocycles. The van der Waals surface area contributed by atoms with E-state index in [2.05, 4.69) is 9.98 Å². The molecular formula is C24H23FN4O4S. The molecule has 1 unspecified atom stereocenters. The number of rotatable bonds is 7. The highest BCUT2D eigenvalue weighted by molar-refractivity contribution is 7.87. The van der Waals surface area contributed by atoms with Crippen LogP contribution in [0.5, 0.6) is 5.75 Å². The normalized spacial score (nSPS) is 18.1. The molecule has 10 heteroatoms. The van der Waals surface area contributed by atoms with E-state index in [1.807, 2.05) is 0 Å². The molecule has 2 heterocycles. The molecule has 1 aliphatic heterocycles. The average molecular weight is 483 g/mol. The summed E-state index contributed by atoms with van der Waals surface area (Å²) in [6.07, 6.45) is 1.75. The molecule has 1 aromatic heterocycles. The molecule has 1 amide bonds. The second kappa shape index (κ2) is 8.86. The molecule has 0 fully saturated rings. The smallest absolute Gasteiger partial charge is 0.309 e. The Balaban J connectivity index is 1.88. The topological polar surface area (TPSA) is 115 Å². The summed E-state index contributed by atoms with van der Waals surface area (Å²) in [5.41, 5.74) is 5.97. The van der Waals surface area contributed by atoms with E-state index in [0.29, 0.717) is 23.1 Å². The summed E-state index contributed by atoms with van der Waals surface area (Å²) in [7, 11) is -2.30. The Bertz CT molecular complexity index is 1390. The van der Waals surface area contributed by atoms with Gasteiger partial charge in [-0.1, -0.05) is 37.3 Å². The van der Waals surface area contributed by atoms with Crippen molar-refractivity contribution in [2.45, 2.75) is 18.9 Å². The molecule has 8 nitrogen and oxygen atoms in total. The molecule has 2 aromatic carbocycles. The van der Waals surface area contributed by atoms with Crippen LogP contribution in [0.2, 0.25) is 0 Å². The maximum atomic E-state index is 14.4. The standard InChI is InChI=1S/C24H23FN4O4S/c1-3-13-34(31,32)33-19-10-5-9-18(15-19)24(22(30)29(2)23(26)28-24)17-8-4-7-16(14-17)20-11-6-12-27-21(20)25/h4-12,14-15H,3,13H2,1-2H3,(H2,26,28). The molecule has 2 N–H and O–H groups in total. The number of carbonyl (C=O) groups excluding carboxylic acids is 1. The van der Waals surface area contributed by atoms with Crippen molar-refractivity contribution in [3.05, 3.63) is 83.9 Å². The van der Waals surface area contributed by atoms with Gasteiger partial charge in [-0.2, -0.15) is 12.8 Å². The number of guanidine groups is 1. The van der Waals surface area contributed by atoms with E-state index in [1.165, 1.54) is 30.3 Å². The van der Waals surface area contributed by atoms with Crippen LogP contribution < -0.4 is 9.92 Å². The Labute approximate surface area is 197 Å². The quantitative estimate of drug-likeness (QED) is 0.409. The van der Waals surface area contributed by atoms with Gasteiger partial charge in [0.05, 0.1) is 5.75 Å². The van der Waals surface area contributed by atoms with E-state index >= 15 is 0 Å². The molecule has 0 spiro atoms. The molecule has 34 heavy (non-hydrogen) atoms. The van der Waals surface area contributed by atoms with Crippen molar-refractivity contribution in [1.29, 1.82) is 0 Å². The molecule has 3 aromatic rings. The minimum absolute atomic E-state index is 0.00659. The van der Waals surface area contributed by atoms with Gasteiger partial charge in [-0.05, 0) is 53.4 Å². The van der Waals surface area contributed by atoms with Gasteiger partial charge in [0.1, 0.15) is 5.75 Å². The van der Waals surface area contributed by atoms with Gasteiger partial charge in [0.15, 0.2) is 11.5 Å². The molecule has 4 rings (SSSR count). The van der Waals surface area contributed by atoms with Crippen LogP contribution in [0.15, 0.2) is 71.9 Å². The van der Waals surface area contributed by atoms with E-state index in [9.17, 15) is 17.6 Å². The fourth-order valence-corrected chi connectivity index (χ4v) is 4.89. The summed E-state index contributed by atoms with van der Waals surface area (Å²) < 4.78 is 44.0. The summed E-state index contributed by atoms with van der Waals surface area (Å²) in [6.45, 7) is 1.73. The first-order valence-electron chi connectivity index (χ1n) is 10.6. The van der Waals surface area contributed by atoms with Crippen LogP contribution in [-0.2, 0) is 20.5 Å². The number of hydrogen-bond donors (Lipinski definition) is 1. The van der Waals surface area contributed by atoms with Crippen LogP contribution >= 0.6 is 0 Å². The lowest BCUT2D eigenvalue weighted by Gasteiger charge is -2.27. The lowest BCUT2D eigenvalue weighted by Crippen LogP contribution is -2.41. The summed E-state index contributed by atoms with van der Waals surface area (Å²) in [6, 6.07) is 16.1. The number of hydrogen-bond acceptors (Lipinski definition) is 7. The van der Waals surface area contributed by atoms with Gasteiger partial charge >= 0.3 is 10.1 Å². The third-order valence-corrected chi connectivity index (χ3v) is 6.87. The molecule has 1 aliphatic rings. The minimum Gasteiger partial charge on any atom is -0.382 e. The molecule has 0 bridgehead atoms. The zero-order chi connectivity index (χ0) is 24.5. The number of halogens is 1. The van der Waals surface area contributed by atoms with Crippen molar-refractivity contribution in [3.63, 3.8) is 0 Å². The van der Waals surface area contributed by atoms with Crippen molar-refractivity contribution < 1.29 is 21.8 Å². The number of carbonyl (C=O) groups is 1. The number of aliphatic imine (C=N–C) groups is 1. The van der Waals surface area contributed by atoms with Crippen LogP contribution in [0.1, 0.15) is 24.5 Å². The molecular weight excluding hydrogens is 459 g/mol. The number of pyridine rings is 1. The van der Waals surface area contributed by atoms with Crippen molar-refractivity contribution in [2.24, 2.45) is 10.7 Å². The highest BCUT2D eigenvalue weighted by Gasteiger charge is 2.49. The van der Waals surface area contributed by atoms with Crippen LogP contribution in [0.25, 0.3) is 11.1 Å². The predicted molar refractivity (Wildman–Crippen MR) is 126 cm³/mol. The highest BCUT2D eigenvalue weighted by Crippen LogP contribution is 2.41. The van der Waals surface area contributed by atoms with E-state index in [1.54, 1.807) is 55.5 Å². The summed E-state index contributed by atoms with van der Waals surface area (Å²) in [5, 5.41) is 0. The second-order valence-corrected chi connectivity index (χ2v) is 9.53. The predicted octanol–water partition coefficient (Wildman–Crippen LogP) is 3.04. The van der Waals surface area contributed by atoms with Crippen LogP contribution in [-0.4, -0.2) is 43.0 Å². The van der Waals surface area contributed by atoms with E-state index in [0.717, 1.165) is 0 Å². The lowest BCUT2D eigenvalue weighted by molar-refractivity contribution is -0.129. The van der Waals surface area contributed by atoms with Crippen molar-refractivity contribution in [3.8, 4) is 16.9 Å². The molecule has 0 saturated carbocycles. The zero-order valence-corrected chi connectivity index (χ0v) is 19.4. The number of nitrogens with two attached hydrogens (primary N) is 1. The van der Waals surface area contributed by atoms with Gasteiger partial charge in [0, 0.05) is 18.8 Å². The Hall–Kier alpha value is -3.79. The lowest BCUT2D eigenvalue weighted by atomic mass is 9.81. The fourth-order valence-electron chi connectivity index (χ4n) is 3.91. The Morgan fingerprint density at radius 2 is 1.79 bits per heavy atom. The number of aromatic nitrogens is 1. The summed E-state index contributed by atoms with van der Waals surface area (Å²) >= 11 is 0. The van der Waals surface area contributed by atoms with Crippen molar-refractivity contribution in [1.82, 2.24) is 9.88 Å². The Morgan fingerprint density at radius 1 is 1.09 bits per heavy atom. The first kappa shape index (κ1) is 23.4. The van der Waals surface area contributed by atoms with Gasteiger partial charge in [-0.15, -0.1) is 0 Å². The van der Waals surface area contributed by atoms with Crippen LogP contribution in [0, 0.1) is 5.95 Å². The fraction of sp³-hybridized carbons (Fsp3) is 0.208. The van der Waals surface area contributed by atoms with E-state index in [4.69, 9.17) is 9.92 Å². The summed E-state index contributed by atoms with van der Waals surface area (Å²) in [5.74, 6) is -1.19. The Kier molecular flexibility index (Phi) is 6.09. The highest BCUT2D eigenvalue weighted by atomic mass is 32.2. The van der Waals surface area contributed by atoms with Crippen molar-refractivity contribution >= 4 is 22.0 Å². The summed E-state index contributed by atoms with van der Waals surface area (Å²) in [4.78, 5) is 23.0. The number of likely N-dealkylation sites (N-methyl/N-ethyl adjacent to an activating group) is 1. The zero-order valence-electron chi connectivity index (χ0n) is 18.6. The monoisotopic (exact) mass is 482 g/mol. The van der Waals surface area contributed by atoms with Gasteiger partial charge in [-0.25, -0.2) is 9.98 Å². The maximum absolute atomic E-state index is 14.4. The Morgan fingerprint density at radius 3 is 2.44 bits per heavy atom. The first-order valence-corrected chi connectivity index (χ1v) is 12.1. The average Bonchev–Trinajstić information content (AvgIpc) is 3.04. The van der Waals surface area contributed by atoms with E-state index < -0.39 is 27.5 Å². The van der Waals surface area contributed by atoms with Crippen LogP contribution in [0.3, 0.4) is 0 Å². The maximum Gasteiger partial charge on any atom is 0.309 e. The third kappa shape index (κ3) is 4.12. The SMILES string of the molecule is CCCS(=O)(=O)Oc1cccc(C2(c3cccc(-c4cccnc4F)c3)N=C(N)N(C)C2=O)c1. The van der Waals surface area contributed by atoms with Crippen LogP contribution in [0.4, 0.5) is 4.39 Å². The molecule has 0 saturated heterocycles. The van der Waals surface area contributed by atoms with Gasteiger partial charge in [0.25, 0.3) is 5.91 Å². The number of benzene rings is 2. The van der Waals surface area contributed by atoms with E-state index in [-0.39, 0.29) is 23.0 Å². The first-order chi connectivity index (χ1) is 16.2. The molecule has 176 valence electrons. The second-order valence-electron chi connectivity index (χ2n) is 7.84. The molecule has 0 radical (unpaired) electrons. The third-order valence-electron chi connectivity index (χ3n) is 5.52. The molecule has 1 atom stereocenters. The van der Waals surface area contributed by atoms with Crippen molar-refractivity contribution in [2.75, 3.05) is 12.8 Å². The number of nitrogens with zero attached hydrogens (tertiary/aromatic N) is 3. The largest absolute Gasteiger partial charge is 0.382 e. The van der Waals surface area contributed by atoms with Gasteiger partial charge in [0.2, 0.25) is 5.95 Å². The van der Waals surface area contributed by atoms with Gasteiger partial charge < -0.3 is 9.92 Å². The number of amides is 1. The minimum atomic E-state index is -3.80. The van der Waals surface area contributed by atoms with Gasteiger partial charge in [-0.3, -0.25) is 9.69 Å².